The van der Waals surface area contributed by atoms with Gasteiger partial charge >= 0.3 is 0 Å². The molecule has 0 aromatic rings. The summed E-state index contributed by atoms with van der Waals surface area (Å²) in [5.41, 5.74) is 0. The first-order valence-corrected chi connectivity index (χ1v) is 4.70. The quantitative estimate of drug-likeness (QED) is 0.544. The molecule has 1 atom stereocenters. The Morgan fingerprint density at radius 1 is 1.38 bits per heavy atom. The van der Waals surface area contributed by atoms with Gasteiger partial charge in [-0.1, -0.05) is 13.8 Å². The minimum Gasteiger partial charge on any atom is -0.393 e. The van der Waals surface area contributed by atoms with Crippen LogP contribution >= 0.6 is 0 Å². The molecule has 0 heterocycles. The van der Waals surface area contributed by atoms with Crippen molar-refractivity contribution in [3.8, 4) is 0 Å². The fourth-order valence-corrected chi connectivity index (χ4v) is 0.780. The highest BCUT2D eigenvalue weighted by atomic mass is 16.3. The van der Waals surface area contributed by atoms with E-state index in [1.807, 2.05) is 13.8 Å². The normalized spacial score (nSPS) is 13.0. The topological polar surface area (TPSA) is 61.4 Å². The highest BCUT2D eigenvalue weighted by Crippen LogP contribution is 1.85. The summed E-state index contributed by atoms with van der Waals surface area (Å²) in [6.45, 7) is 6.57. The van der Waals surface area contributed by atoms with E-state index >= 15 is 0 Å². The number of aliphatic hydroxyl groups excluding tert-OH is 1. The van der Waals surface area contributed by atoms with E-state index in [1.165, 1.54) is 0 Å². The Kier molecular flexibility index (Phi) is 6.54. The number of nitrogens with one attached hydrogen (secondary N) is 2. The number of carbonyl (C=O) groups is 1. The Hall–Kier alpha value is -0.610. The first-order valence-electron chi connectivity index (χ1n) is 4.70. The molecule has 78 valence electrons. The zero-order valence-electron chi connectivity index (χ0n) is 8.63. The molecule has 4 nitrogen and oxygen atoms in total. The molecule has 0 aromatic heterocycles. The minimum atomic E-state index is -0.349. The Morgan fingerprint density at radius 3 is 2.46 bits per heavy atom. The van der Waals surface area contributed by atoms with E-state index in [4.69, 9.17) is 5.11 Å². The molecule has 0 aromatic carbocycles. The lowest BCUT2D eigenvalue weighted by Crippen LogP contribution is -2.37. The maximum Gasteiger partial charge on any atom is 0.233 e. The molecule has 1 unspecified atom stereocenters. The van der Waals surface area contributed by atoms with E-state index in [9.17, 15) is 4.79 Å². The van der Waals surface area contributed by atoms with Crippen LogP contribution in [-0.4, -0.2) is 36.2 Å². The first kappa shape index (κ1) is 12.4. The monoisotopic (exact) mass is 188 g/mol. The number of rotatable bonds is 6. The molecule has 4 heteroatoms. The van der Waals surface area contributed by atoms with Gasteiger partial charge in [-0.2, -0.15) is 0 Å². The third-order valence-corrected chi connectivity index (χ3v) is 1.56. The predicted molar refractivity (Wildman–Crippen MR) is 52.4 cm³/mol. The number of amides is 1. The van der Waals surface area contributed by atoms with Crippen molar-refractivity contribution in [2.75, 3.05) is 13.1 Å². The van der Waals surface area contributed by atoms with Gasteiger partial charge in [0.05, 0.1) is 12.6 Å². The molecular formula is C9H20N2O2. The Bertz CT molecular complexity index is 147. The number of hydrogen-bond acceptors (Lipinski definition) is 3. The van der Waals surface area contributed by atoms with Gasteiger partial charge in [0.25, 0.3) is 0 Å². The Morgan fingerprint density at radius 2 is 2.00 bits per heavy atom. The van der Waals surface area contributed by atoms with Crippen molar-refractivity contribution in [3.05, 3.63) is 0 Å². The average Bonchev–Trinajstić information content (AvgIpc) is 2.00. The largest absolute Gasteiger partial charge is 0.393 e. The lowest BCUT2D eigenvalue weighted by Gasteiger charge is -2.09. The molecule has 0 rings (SSSR count). The van der Waals surface area contributed by atoms with Crippen LogP contribution in [0.2, 0.25) is 0 Å². The zero-order chi connectivity index (χ0) is 10.3. The Balaban J connectivity index is 3.30. The predicted octanol–water partition coefficient (Wildman–Crippen LogP) is -0.128. The average molecular weight is 188 g/mol. The van der Waals surface area contributed by atoms with Crippen LogP contribution in [0, 0.1) is 0 Å². The summed E-state index contributed by atoms with van der Waals surface area (Å²) in [5.74, 6) is -0.0191. The summed E-state index contributed by atoms with van der Waals surface area (Å²) < 4.78 is 0. The fraction of sp³-hybridized carbons (Fsp3) is 0.889. The summed E-state index contributed by atoms with van der Waals surface area (Å²) in [4.78, 5) is 11.1. The highest BCUT2D eigenvalue weighted by Gasteiger charge is 2.01. The molecule has 13 heavy (non-hydrogen) atoms. The van der Waals surface area contributed by atoms with Crippen molar-refractivity contribution in [2.24, 2.45) is 0 Å². The standard InChI is InChI=1S/C9H20N2O2/c1-7(2)11-6-9(13)10-5-4-8(3)12/h7-8,11-12H,4-6H2,1-3H3,(H,10,13). The summed E-state index contributed by atoms with van der Waals surface area (Å²) in [6, 6.07) is 0.322. The third-order valence-electron chi connectivity index (χ3n) is 1.56. The van der Waals surface area contributed by atoms with Crippen molar-refractivity contribution in [3.63, 3.8) is 0 Å². The van der Waals surface area contributed by atoms with E-state index in [0.29, 0.717) is 25.6 Å². The Labute approximate surface area is 79.7 Å². The zero-order valence-corrected chi connectivity index (χ0v) is 8.63. The van der Waals surface area contributed by atoms with Gasteiger partial charge in [-0.25, -0.2) is 0 Å². The maximum absolute atomic E-state index is 11.1. The van der Waals surface area contributed by atoms with Crippen LogP contribution in [0.3, 0.4) is 0 Å². The highest BCUT2D eigenvalue weighted by molar-refractivity contribution is 5.77. The van der Waals surface area contributed by atoms with Crippen molar-refractivity contribution in [1.82, 2.24) is 10.6 Å². The van der Waals surface area contributed by atoms with Crippen LogP contribution in [0.1, 0.15) is 27.2 Å². The summed E-state index contributed by atoms with van der Waals surface area (Å²) in [5, 5.41) is 14.6. The number of hydrogen-bond donors (Lipinski definition) is 3. The van der Waals surface area contributed by atoms with Gasteiger partial charge < -0.3 is 15.7 Å². The van der Waals surface area contributed by atoms with Crippen LogP contribution < -0.4 is 10.6 Å². The van der Waals surface area contributed by atoms with Gasteiger partial charge in [-0.3, -0.25) is 4.79 Å². The summed E-state index contributed by atoms with van der Waals surface area (Å²) in [6.07, 6.45) is 0.256. The third kappa shape index (κ3) is 9.30. The molecule has 0 bridgehead atoms. The van der Waals surface area contributed by atoms with E-state index in [1.54, 1.807) is 6.92 Å². The number of carbonyl (C=O) groups excluding carboxylic acids is 1. The van der Waals surface area contributed by atoms with E-state index in [0.717, 1.165) is 0 Å². The van der Waals surface area contributed by atoms with Crippen LogP contribution in [0.15, 0.2) is 0 Å². The maximum atomic E-state index is 11.1. The van der Waals surface area contributed by atoms with Gasteiger partial charge in [0.1, 0.15) is 0 Å². The van der Waals surface area contributed by atoms with Crippen LogP contribution in [0.5, 0.6) is 0 Å². The van der Waals surface area contributed by atoms with Crippen molar-refractivity contribution < 1.29 is 9.90 Å². The first-order chi connectivity index (χ1) is 6.02. The SMILES string of the molecule is CC(O)CCNC(=O)CNC(C)C. The molecule has 0 fully saturated rings. The van der Waals surface area contributed by atoms with Gasteiger partial charge in [0.2, 0.25) is 5.91 Å². The van der Waals surface area contributed by atoms with Gasteiger partial charge in [-0.15, -0.1) is 0 Å². The van der Waals surface area contributed by atoms with Gasteiger partial charge in [-0.05, 0) is 13.3 Å². The molecule has 0 spiro atoms. The minimum absolute atomic E-state index is 0.0191. The van der Waals surface area contributed by atoms with Crippen molar-refractivity contribution >= 4 is 5.91 Å². The van der Waals surface area contributed by atoms with Gasteiger partial charge in [0, 0.05) is 12.6 Å². The fourth-order valence-electron chi connectivity index (χ4n) is 0.780. The molecule has 0 saturated heterocycles. The second kappa shape index (κ2) is 6.86. The summed E-state index contributed by atoms with van der Waals surface area (Å²) in [7, 11) is 0. The second-order valence-corrected chi connectivity index (χ2v) is 3.52. The van der Waals surface area contributed by atoms with Gasteiger partial charge in [0.15, 0.2) is 0 Å². The number of aliphatic hydroxyl groups is 1. The van der Waals surface area contributed by atoms with Crippen LogP contribution in [-0.2, 0) is 4.79 Å². The molecule has 0 aliphatic rings. The molecular weight excluding hydrogens is 168 g/mol. The lowest BCUT2D eigenvalue weighted by molar-refractivity contribution is -0.120. The van der Waals surface area contributed by atoms with Crippen LogP contribution in [0.4, 0.5) is 0 Å². The molecule has 0 aliphatic carbocycles. The molecule has 1 amide bonds. The second-order valence-electron chi connectivity index (χ2n) is 3.52. The van der Waals surface area contributed by atoms with Crippen molar-refractivity contribution in [2.45, 2.75) is 39.3 Å². The van der Waals surface area contributed by atoms with Crippen LogP contribution in [0.25, 0.3) is 0 Å². The smallest absolute Gasteiger partial charge is 0.233 e. The van der Waals surface area contributed by atoms with E-state index in [2.05, 4.69) is 10.6 Å². The summed E-state index contributed by atoms with van der Waals surface area (Å²) >= 11 is 0. The van der Waals surface area contributed by atoms with Crippen molar-refractivity contribution in [1.29, 1.82) is 0 Å². The molecule has 0 radical (unpaired) electrons. The molecule has 0 aliphatic heterocycles. The van der Waals surface area contributed by atoms with E-state index in [-0.39, 0.29) is 12.0 Å². The molecule has 0 saturated carbocycles. The molecule has 3 N–H and O–H groups in total. The van der Waals surface area contributed by atoms with E-state index < -0.39 is 0 Å². The lowest BCUT2D eigenvalue weighted by atomic mass is 10.3.